The third kappa shape index (κ3) is 1.69. The van der Waals surface area contributed by atoms with Crippen molar-refractivity contribution in [3.63, 3.8) is 0 Å². The number of aromatic carboxylic acids is 1. The summed E-state index contributed by atoms with van der Waals surface area (Å²) in [4.78, 5) is 19.3. The van der Waals surface area contributed by atoms with E-state index < -0.39 is 5.97 Å². The highest BCUT2D eigenvalue weighted by Gasteiger charge is 2.06. The molecule has 0 radical (unpaired) electrons. The van der Waals surface area contributed by atoms with Crippen molar-refractivity contribution in [2.45, 2.75) is 0 Å². The second-order valence-corrected chi connectivity index (χ2v) is 3.70. The molecule has 0 saturated heterocycles. The summed E-state index contributed by atoms with van der Waals surface area (Å²) in [6.45, 7) is 0. The lowest BCUT2D eigenvalue weighted by molar-refractivity contribution is 0.0697. The first-order valence-corrected chi connectivity index (χ1v) is 5.24. The van der Waals surface area contributed by atoms with Crippen LogP contribution in [0.3, 0.4) is 0 Å². The fraction of sp³-hybridized carbons (Fsp3) is 0. The standard InChI is InChI=1S/C12H8N4O2/c17-11(18)8-2-3-10-9(6-8)7-13-12(15-10)16-5-1-4-14-16/h1-7H,(H,17,18). The molecule has 88 valence electrons. The van der Waals surface area contributed by atoms with Crippen LogP contribution in [0.15, 0.2) is 42.9 Å². The zero-order chi connectivity index (χ0) is 12.5. The van der Waals surface area contributed by atoms with Crippen molar-refractivity contribution in [2.24, 2.45) is 0 Å². The van der Waals surface area contributed by atoms with Crippen molar-refractivity contribution >= 4 is 16.9 Å². The summed E-state index contributed by atoms with van der Waals surface area (Å²) in [5.41, 5.74) is 0.901. The molecule has 3 aromatic rings. The second-order valence-electron chi connectivity index (χ2n) is 3.70. The fourth-order valence-corrected chi connectivity index (χ4v) is 1.65. The molecule has 0 atom stereocenters. The smallest absolute Gasteiger partial charge is 0.335 e. The Hall–Kier alpha value is -2.76. The molecule has 2 aromatic heterocycles. The van der Waals surface area contributed by atoms with Gasteiger partial charge in [0, 0.05) is 24.0 Å². The molecule has 0 saturated carbocycles. The van der Waals surface area contributed by atoms with Gasteiger partial charge in [-0.3, -0.25) is 0 Å². The normalized spacial score (nSPS) is 10.7. The van der Waals surface area contributed by atoms with Crippen LogP contribution in [0.1, 0.15) is 10.4 Å². The lowest BCUT2D eigenvalue weighted by atomic mass is 10.1. The summed E-state index contributed by atoms with van der Waals surface area (Å²) in [6.07, 6.45) is 4.97. The maximum Gasteiger partial charge on any atom is 0.335 e. The Balaban J connectivity index is 2.14. The third-order valence-electron chi connectivity index (χ3n) is 2.52. The van der Waals surface area contributed by atoms with Gasteiger partial charge in [-0.05, 0) is 24.3 Å². The molecule has 0 fully saturated rings. The van der Waals surface area contributed by atoms with Crippen molar-refractivity contribution < 1.29 is 9.90 Å². The van der Waals surface area contributed by atoms with Gasteiger partial charge in [-0.25, -0.2) is 19.4 Å². The van der Waals surface area contributed by atoms with Gasteiger partial charge in [-0.1, -0.05) is 0 Å². The average Bonchev–Trinajstić information content (AvgIpc) is 2.91. The van der Waals surface area contributed by atoms with Crippen LogP contribution in [-0.4, -0.2) is 30.8 Å². The molecule has 0 aliphatic heterocycles. The summed E-state index contributed by atoms with van der Waals surface area (Å²) in [5.74, 6) is -0.511. The Bertz CT molecular complexity index is 722. The second kappa shape index (κ2) is 3.92. The topological polar surface area (TPSA) is 80.9 Å². The first kappa shape index (κ1) is 10.4. The van der Waals surface area contributed by atoms with Crippen molar-refractivity contribution in [3.05, 3.63) is 48.4 Å². The number of aromatic nitrogens is 4. The van der Waals surface area contributed by atoms with Crippen LogP contribution >= 0.6 is 0 Å². The Labute approximate surface area is 102 Å². The molecule has 0 amide bonds. The SMILES string of the molecule is O=C(O)c1ccc2nc(-n3cccn3)ncc2c1. The minimum absolute atomic E-state index is 0.220. The van der Waals surface area contributed by atoms with E-state index in [0.717, 1.165) is 0 Å². The van der Waals surface area contributed by atoms with Gasteiger partial charge in [-0.15, -0.1) is 0 Å². The molecule has 1 aromatic carbocycles. The zero-order valence-electron chi connectivity index (χ0n) is 9.19. The van der Waals surface area contributed by atoms with Gasteiger partial charge in [0.25, 0.3) is 5.95 Å². The predicted molar refractivity (Wildman–Crippen MR) is 63.6 cm³/mol. The molecular weight excluding hydrogens is 232 g/mol. The minimum Gasteiger partial charge on any atom is -0.478 e. The molecule has 1 N–H and O–H groups in total. The van der Waals surface area contributed by atoms with Gasteiger partial charge < -0.3 is 5.11 Å². The van der Waals surface area contributed by atoms with E-state index in [9.17, 15) is 4.79 Å². The number of rotatable bonds is 2. The van der Waals surface area contributed by atoms with E-state index in [1.54, 1.807) is 41.5 Å². The Morgan fingerprint density at radius 3 is 2.94 bits per heavy atom. The van der Waals surface area contributed by atoms with Crippen LogP contribution < -0.4 is 0 Å². The Morgan fingerprint density at radius 2 is 2.22 bits per heavy atom. The molecule has 0 unspecified atom stereocenters. The number of carboxylic acids is 1. The number of carbonyl (C=O) groups is 1. The van der Waals surface area contributed by atoms with Crippen LogP contribution in [0.25, 0.3) is 16.9 Å². The highest BCUT2D eigenvalue weighted by molar-refractivity contribution is 5.93. The lowest BCUT2D eigenvalue weighted by Crippen LogP contribution is -2.02. The fourth-order valence-electron chi connectivity index (χ4n) is 1.65. The van der Waals surface area contributed by atoms with E-state index in [4.69, 9.17) is 5.11 Å². The number of hydrogen-bond donors (Lipinski definition) is 1. The number of carboxylic acid groups (broad SMARTS) is 1. The Kier molecular flexibility index (Phi) is 2.26. The molecule has 0 aliphatic carbocycles. The molecule has 0 bridgehead atoms. The summed E-state index contributed by atoms with van der Waals surface area (Å²) >= 11 is 0. The van der Waals surface area contributed by atoms with E-state index in [1.807, 2.05) is 0 Å². The van der Waals surface area contributed by atoms with Gasteiger partial charge in [-0.2, -0.15) is 5.10 Å². The molecular formula is C12H8N4O2. The predicted octanol–water partition coefficient (Wildman–Crippen LogP) is 1.51. The van der Waals surface area contributed by atoms with E-state index in [-0.39, 0.29) is 5.56 Å². The van der Waals surface area contributed by atoms with Gasteiger partial charge in [0.1, 0.15) is 0 Å². The van der Waals surface area contributed by atoms with Crippen LogP contribution in [0.2, 0.25) is 0 Å². The number of fused-ring (bicyclic) bond motifs is 1. The van der Waals surface area contributed by atoms with Gasteiger partial charge >= 0.3 is 5.97 Å². The van der Waals surface area contributed by atoms with Crippen molar-refractivity contribution in [1.82, 2.24) is 19.7 Å². The van der Waals surface area contributed by atoms with Gasteiger partial charge in [0.05, 0.1) is 11.1 Å². The summed E-state index contributed by atoms with van der Waals surface area (Å²) in [7, 11) is 0. The van der Waals surface area contributed by atoms with E-state index >= 15 is 0 Å². The molecule has 0 aliphatic rings. The zero-order valence-corrected chi connectivity index (χ0v) is 9.19. The molecule has 18 heavy (non-hydrogen) atoms. The first-order valence-electron chi connectivity index (χ1n) is 5.24. The molecule has 6 heteroatoms. The maximum atomic E-state index is 10.8. The lowest BCUT2D eigenvalue weighted by Gasteiger charge is -2.02. The van der Waals surface area contributed by atoms with Crippen LogP contribution in [0.4, 0.5) is 0 Å². The number of benzene rings is 1. The summed E-state index contributed by atoms with van der Waals surface area (Å²) in [5, 5.41) is 13.6. The summed E-state index contributed by atoms with van der Waals surface area (Å²) in [6, 6.07) is 6.50. The van der Waals surface area contributed by atoms with Crippen LogP contribution in [0.5, 0.6) is 0 Å². The average molecular weight is 240 g/mol. The first-order chi connectivity index (χ1) is 8.74. The van der Waals surface area contributed by atoms with Crippen molar-refractivity contribution in [1.29, 1.82) is 0 Å². The molecule has 2 heterocycles. The van der Waals surface area contributed by atoms with E-state index in [0.29, 0.717) is 16.9 Å². The summed E-state index contributed by atoms with van der Waals surface area (Å²) < 4.78 is 1.55. The Morgan fingerprint density at radius 1 is 1.33 bits per heavy atom. The quantitative estimate of drug-likeness (QED) is 0.734. The van der Waals surface area contributed by atoms with Crippen LogP contribution in [-0.2, 0) is 0 Å². The number of nitrogens with zero attached hydrogens (tertiary/aromatic N) is 4. The highest BCUT2D eigenvalue weighted by atomic mass is 16.4. The van der Waals surface area contributed by atoms with Gasteiger partial charge in [0.15, 0.2) is 0 Å². The van der Waals surface area contributed by atoms with Gasteiger partial charge in [0.2, 0.25) is 0 Å². The third-order valence-corrected chi connectivity index (χ3v) is 2.52. The monoisotopic (exact) mass is 240 g/mol. The van der Waals surface area contributed by atoms with Crippen molar-refractivity contribution in [3.8, 4) is 5.95 Å². The highest BCUT2D eigenvalue weighted by Crippen LogP contribution is 2.14. The maximum absolute atomic E-state index is 10.8. The molecule has 3 rings (SSSR count). The van der Waals surface area contributed by atoms with E-state index in [2.05, 4.69) is 15.1 Å². The number of hydrogen-bond acceptors (Lipinski definition) is 4. The largest absolute Gasteiger partial charge is 0.478 e. The van der Waals surface area contributed by atoms with E-state index in [1.165, 1.54) is 6.07 Å². The molecule has 6 nitrogen and oxygen atoms in total. The minimum atomic E-state index is -0.965. The van der Waals surface area contributed by atoms with Crippen LogP contribution in [0, 0.1) is 0 Å². The molecule has 0 spiro atoms. The van der Waals surface area contributed by atoms with Crippen molar-refractivity contribution in [2.75, 3.05) is 0 Å².